The first-order valence-corrected chi connectivity index (χ1v) is 6.80. The molecule has 0 bridgehead atoms. The SMILES string of the molecule is CCC1(C(=O)O)CCN(S(=O)(=O)C(F)(F)F)CC1. The molecule has 0 saturated carbocycles. The standard InChI is InChI=1S/C9H14F3NO4S/c1-2-8(7(14)15)3-5-13(6-4-8)18(16,17)9(10,11)12/h2-6H2,1H3,(H,14,15). The van der Waals surface area contributed by atoms with Gasteiger partial charge in [0.05, 0.1) is 5.41 Å². The van der Waals surface area contributed by atoms with E-state index in [-0.39, 0.29) is 19.3 Å². The van der Waals surface area contributed by atoms with Crippen molar-refractivity contribution in [2.75, 3.05) is 13.1 Å². The first-order chi connectivity index (χ1) is 8.07. The molecule has 9 heteroatoms. The van der Waals surface area contributed by atoms with E-state index in [1.54, 1.807) is 6.92 Å². The Bertz CT molecular complexity index is 424. The molecule has 1 saturated heterocycles. The molecule has 5 nitrogen and oxygen atoms in total. The van der Waals surface area contributed by atoms with Gasteiger partial charge in [-0.05, 0) is 19.3 Å². The Morgan fingerprint density at radius 1 is 1.33 bits per heavy atom. The zero-order valence-corrected chi connectivity index (χ0v) is 10.5. The van der Waals surface area contributed by atoms with Crippen LogP contribution in [0.15, 0.2) is 0 Å². The van der Waals surface area contributed by atoms with Crippen LogP contribution in [0.3, 0.4) is 0 Å². The molecule has 0 aromatic rings. The van der Waals surface area contributed by atoms with E-state index in [0.717, 1.165) is 0 Å². The molecule has 0 aromatic heterocycles. The lowest BCUT2D eigenvalue weighted by Crippen LogP contribution is -2.49. The van der Waals surface area contributed by atoms with Crippen LogP contribution in [0.5, 0.6) is 0 Å². The molecule has 0 aromatic carbocycles. The van der Waals surface area contributed by atoms with E-state index in [2.05, 4.69) is 0 Å². The number of piperidine rings is 1. The van der Waals surface area contributed by atoms with Crippen molar-refractivity contribution in [2.45, 2.75) is 31.7 Å². The molecule has 0 unspecified atom stereocenters. The number of alkyl halides is 3. The number of hydrogen-bond donors (Lipinski definition) is 1. The Morgan fingerprint density at radius 3 is 2.06 bits per heavy atom. The van der Waals surface area contributed by atoms with Gasteiger partial charge in [0.25, 0.3) is 0 Å². The van der Waals surface area contributed by atoms with Crippen LogP contribution in [0.1, 0.15) is 26.2 Å². The molecule has 1 aliphatic rings. The maximum Gasteiger partial charge on any atom is 0.511 e. The Balaban J connectivity index is 2.85. The monoisotopic (exact) mass is 289 g/mol. The van der Waals surface area contributed by atoms with Crippen LogP contribution < -0.4 is 0 Å². The second-order valence-electron chi connectivity index (χ2n) is 4.29. The summed E-state index contributed by atoms with van der Waals surface area (Å²) >= 11 is 0. The predicted molar refractivity (Wildman–Crippen MR) is 56.1 cm³/mol. The van der Waals surface area contributed by atoms with Gasteiger partial charge in [0.15, 0.2) is 0 Å². The topological polar surface area (TPSA) is 74.7 Å². The highest BCUT2D eigenvalue weighted by Crippen LogP contribution is 2.38. The molecule has 1 fully saturated rings. The Hall–Kier alpha value is -0.830. The minimum Gasteiger partial charge on any atom is -0.481 e. The van der Waals surface area contributed by atoms with Crippen molar-refractivity contribution < 1.29 is 31.5 Å². The summed E-state index contributed by atoms with van der Waals surface area (Å²) in [6, 6.07) is 0. The van der Waals surface area contributed by atoms with Crippen molar-refractivity contribution >= 4 is 16.0 Å². The number of carboxylic acid groups (broad SMARTS) is 1. The minimum absolute atomic E-state index is 0.103. The van der Waals surface area contributed by atoms with Gasteiger partial charge in [-0.1, -0.05) is 6.92 Å². The Morgan fingerprint density at radius 2 is 1.78 bits per heavy atom. The summed E-state index contributed by atoms with van der Waals surface area (Å²) < 4.78 is 59.5. The molecule has 0 radical (unpaired) electrons. The highest BCUT2D eigenvalue weighted by Gasteiger charge is 2.52. The summed E-state index contributed by atoms with van der Waals surface area (Å²) in [5.41, 5.74) is -6.44. The molecule has 106 valence electrons. The first-order valence-electron chi connectivity index (χ1n) is 5.36. The van der Waals surface area contributed by atoms with Crippen LogP contribution in [0, 0.1) is 5.41 Å². The molecule has 0 aliphatic carbocycles. The molecule has 1 aliphatic heterocycles. The molecule has 1 N–H and O–H groups in total. The largest absolute Gasteiger partial charge is 0.511 e. The lowest BCUT2D eigenvalue weighted by atomic mass is 9.77. The van der Waals surface area contributed by atoms with E-state index in [1.807, 2.05) is 0 Å². The number of halogens is 3. The highest BCUT2D eigenvalue weighted by atomic mass is 32.2. The van der Waals surface area contributed by atoms with Crippen LogP contribution in [0.2, 0.25) is 0 Å². The zero-order chi connectivity index (χ0) is 14.2. The van der Waals surface area contributed by atoms with E-state index >= 15 is 0 Å². The summed E-state index contributed by atoms with van der Waals surface area (Å²) in [5.74, 6) is -1.09. The maximum atomic E-state index is 12.3. The Labute approximate surface area is 103 Å². The van der Waals surface area contributed by atoms with E-state index in [4.69, 9.17) is 5.11 Å². The van der Waals surface area contributed by atoms with Crippen LogP contribution in [0.4, 0.5) is 13.2 Å². The summed E-state index contributed by atoms with van der Waals surface area (Å²) in [4.78, 5) is 11.1. The summed E-state index contributed by atoms with van der Waals surface area (Å²) in [7, 11) is -5.34. The van der Waals surface area contributed by atoms with Crippen molar-refractivity contribution in [3.63, 3.8) is 0 Å². The molecular formula is C9H14F3NO4S. The quantitative estimate of drug-likeness (QED) is 0.852. The third-order valence-corrected chi connectivity index (χ3v) is 5.07. The second-order valence-corrected chi connectivity index (χ2v) is 6.22. The fourth-order valence-electron chi connectivity index (χ4n) is 2.02. The van der Waals surface area contributed by atoms with Gasteiger partial charge in [-0.2, -0.15) is 17.5 Å². The van der Waals surface area contributed by atoms with Gasteiger partial charge in [-0.3, -0.25) is 4.79 Å². The normalized spacial score (nSPS) is 21.8. The van der Waals surface area contributed by atoms with Crippen molar-refractivity contribution in [2.24, 2.45) is 5.41 Å². The fraction of sp³-hybridized carbons (Fsp3) is 0.889. The third-order valence-electron chi connectivity index (χ3n) is 3.44. The van der Waals surface area contributed by atoms with Crippen molar-refractivity contribution in [1.82, 2.24) is 4.31 Å². The van der Waals surface area contributed by atoms with Crippen LogP contribution in [-0.2, 0) is 14.8 Å². The highest BCUT2D eigenvalue weighted by molar-refractivity contribution is 7.90. The number of carboxylic acids is 1. The maximum absolute atomic E-state index is 12.3. The van der Waals surface area contributed by atoms with Gasteiger partial charge in [0.2, 0.25) is 0 Å². The van der Waals surface area contributed by atoms with E-state index in [0.29, 0.717) is 4.31 Å². The van der Waals surface area contributed by atoms with Crippen molar-refractivity contribution in [3.05, 3.63) is 0 Å². The van der Waals surface area contributed by atoms with Gasteiger partial charge in [-0.25, -0.2) is 8.42 Å². The molecule has 0 spiro atoms. The second kappa shape index (κ2) is 4.69. The molecule has 1 rings (SSSR count). The lowest BCUT2D eigenvalue weighted by molar-refractivity contribution is -0.151. The van der Waals surface area contributed by atoms with Crippen LogP contribution in [-0.4, -0.2) is 42.4 Å². The van der Waals surface area contributed by atoms with Gasteiger partial charge in [0.1, 0.15) is 0 Å². The number of rotatable bonds is 3. The molecule has 0 amide bonds. The first kappa shape index (κ1) is 15.2. The van der Waals surface area contributed by atoms with Crippen LogP contribution >= 0.6 is 0 Å². The number of sulfonamides is 1. The number of aliphatic carboxylic acids is 1. The average Bonchev–Trinajstić information content (AvgIpc) is 2.27. The van der Waals surface area contributed by atoms with Crippen LogP contribution in [0.25, 0.3) is 0 Å². The van der Waals surface area contributed by atoms with Gasteiger partial charge in [0, 0.05) is 13.1 Å². The van der Waals surface area contributed by atoms with Crippen molar-refractivity contribution in [1.29, 1.82) is 0 Å². The molecular weight excluding hydrogens is 275 g/mol. The van der Waals surface area contributed by atoms with E-state index in [9.17, 15) is 26.4 Å². The lowest BCUT2D eigenvalue weighted by Gasteiger charge is -2.37. The van der Waals surface area contributed by atoms with Gasteiger partial charge in [-0.15, -0.1) is 0 Å². The molecule has 1 heterocycles. The minimum atomic E-state index is -5.34. The summed E-state index contributed by atoms with van der Waals surface area (Å²) in [6.45, 7) is 0.798. The predicted octanol–water partition coefficient (Wildman–Crippen LogP) is 1.41. The molecule has 0 atom stereocenters. The van der Waals surface area contributed by atoms with Gasteiger partial charge < -0.3 is 5.11 Å². The fourth-order valence-corrected chi connectivity index (χ4v) is 2.98. The van der Waals surface area contributed by atoms with E-state index < -0.39 is 40.0 Å². The van der Waals surface area contributed by atoms with Gasteiger partial charge >= 0.3 is 21.5 Å². The number of nitrogens with zero attached hydrogens (tertiary/aromatic N) is 1. The molecule has 18 heavy (non-hydrogen) atoms. The summed E-state index contributed by atoms with van der Waals surface area (Å²) in [6.07, 6.45) is 0.0600. The number of hydrogen-bond acceptors (Lipinski definition) is 3. The smallest absolute Gasteiger partial charge is 0.481 e. The van der Waals surface area contributed by atoms with E-state index in [1.165, 1.54) is 0 Å². The number of carbonyl (C=O) groups is 1. The third kappa shape index (κ3) is 2.46. The average molecular weight is 289 g/mol. The zero-order valence-electron chi connectivity index (χ0n) is 9.70. The summed E-state index contributed by atoms with van der Waals surface area (Å²) in [5, 5.41) is 9.05. The Kier molecular flexibility index (Phi) is 3.97. The van der Waals surface area contributed by atoms with Crippen molar-refractivity contribution in [3.8, 4) is 0 Å².